The van der Waals surface area contributed by atoms with Crippen LogP contribution in [0.4, 0.5) is 0 Å². The first-order valence-electron chi connectivity index (χ1n) is 8.89. The van der Waals surface area contributed by atoms with E-state index in [0.29, 0.717) is 17.1 Å². The number of imidazole rings is 1. The van der Waals surface area contributed by atoms with Crippen molar-refractivity contribution in [2.75, 3.05) is 0 Å². The molecule has 0 atom stereocenters. The lowest BCUT2D eigenvalue weighted by Crippen LogP contribution is -2.08. The summed E-state index contributed by atoms with van der Waals surface area (Å²) in [6.07, 6.45) is 5.19. The average molecular weight is 395 g/mol. The summed E-state index contributed by atoms with van der Waals surface area (Å²) in [4.78, 5) is 4.35. The lowest BCUT2D eigenvalue weighted by Gasteiger charge is -2.08. The van der Waals surface area contributed by atoms with Gasteiger partial charge in [-0.2, -0.15) is 0 Å². The standard InChI is InChI=1S/C21H21N3O3S/c1-15-3-5-17(6-4-15)28(26,27)13-16-11-18-19(12-24-10-9-22-14-24)21(25)8-7-20(18)23(16)2/h3-11,14,25H,12-13H2,1-2H3. The molecule has 0 aliphatic rings. The highest BCUT2D eigenvalue weighted by Gasteiger charge is 2.20. The Balaban J connectivity index is 1.76. The van der Waals surface area contributed by atoms with E-state index in [-0.39, 0.29) is 11.5 Å². The topological polar surface area (TPSA) is 77.1 Å². The van der Waals surface area contributed by atoms with Crippen molar-refractivity contribution in [3.8, 4) is 5.75 Å². The van der Waals surface area contributed by atoms with Crippen LogP contribution in [0.25, 0.3) is 10.9 Å². The molecule has 0 radical (unpaired) electrons. The van der Waals surface area contributed by atoms with Crippen molar-refractivity contribution in [2.45, 2.75) is 24.1 Å². The summed E-state index contributed by atoms with van der Waals surface area (Å²) in [7, 11) is -1.62. The number of hydrogen-bond acceptors (Lipinski definition) is 4. The number of aromatic nitrogens is 3. The fraction of sp³-hybridized carbons (Fsp3) is 0.190. The van der Waals surface area contributed by atoms with E-state index < -0.39 is 9.84 Å². The van der Waals surface area contributed by atoms with Crippen LogP contribution in [0, 0.1) is 6.92 Å². The number of rotatable bonds is 5. The Morgan fingerprint density at radius 2 is 1.86 bits per heavy atom. The molecule has 2 aromatic heterocycles. The molecule has 7 heteroatoms. The Hall–Kier alpha value is -3.06. The minimum absolute atomic E-state index is 0.105. The first-order valence-corrected chi connectivity index (χ1v) is 10.5. The molecule has 0 aliphatic heterocycles. The predicted octanol–water partition coefficient (Wildman–Crippen LogP) is 3.41. The largest absolute Gasteiger partial charge is 0.508 e. The molecule has 4 aromatic rings. The average Bonchev–Trinajstić information content (AvgIpc) is 3.27. The van der Waals surface area contributed by atoms with Crippen molar-refractivity contribution in [3.05, 3.63) is 78.0 Å². The van der Waals surface area contributed by atoms with Crippen LogP contribution in [0.15, 0.2) is 66.1 Å². The molecule has 1 N–H and O–H groups in total. The maximum atomic E-state index is 12.9. The molecule has 0 aliphatic carbocycles. The second-order valence-electron chi connectivity index (χ2n) is 7.00. The van der Waals surface area contributed by atoms with Crippen LogP contribution in [-0.2, 0) is 29.2 Å². The molecule has 2 aromatic carbocycles. The Morgan fingerprint density at radius 1 is 1.11 bits per heavy atom. The van der Waals surface area contributed by atoms with E-state index in [2.05, 4.69) is 4.98 Å². The normalized spacial score (nSPS) is 11.9. The van der Waals surface area contributed by atoms with Gasteiger partial charge in [0.15, 0.2) is 9.84 Å². The van der Waals surface area contributed by atoms with Crippen molar-refractivity contribution in [1.29, 1.82) is 0 Å². The fourth-order valence-electron chi connectivity index (χ4n) is 3.40. The Labute approximate surface area is 163 Å². The molecule has 2 heterocycles. The quantitative estimate of drug-likeness (QED) is 0.562. The zero-order valence-corrected chi connectivity index (χ0v) is 16.5. The van der Waals surface area contributed by atoms with Crippen LogP contribution >= 0.6 is 0 Å². The summed E-state index contributed by atoms with van der Waals surface area (Å²) in [6.45, 7) is 2.38. The lowest BCUT2D eigenvalue weighted by atomic mass is 10.1. The Morgan fingerprint density at radius 3 is 2.54 bits per heavy atom. The Bertz CT molecular complexity index is 1240. The molecule has 0 unspecified atom stereocenters. The monoisotopic (exact) mass is 395 g/mol. The number of benzene rings is 2. The minimum atomic E-state index is -3.47. The van der Waals surface area contributed by atoms with Gasteiger partial charge in [-0.1, -0.05) is 17.7 Å². The summed E-state index contributed by atoms with van der Waals surface area (Å²) in [5.74, 6) is 0.0757. The fourth-order valence-corrected chi connectivity index (χ4v) is 4.79. The highest BCUT2D eigenvalue weighted by Crippen LogP contribution is 2.31. The third-order valence-electron chi connectivity index (χ3n) is 5.03. The third-order valence-corrected chi connectivity index (χ3v) is 6.70. The van der Waals surface area contributed by atoms with Crippen molar-refractivity contribution in [3.63, 3.8) is 0 Å². The molecule has 0 saturated heterocycles. The van der Waals surface area contributed by atoms with Gasteiger partial charge in [-0.05, 0) is 37.3 Å². The zero-order valence-electron chi connectivity index (χ0n) is 15.7. The van der Waals surface area contributed by atoms with E-state index in [4.69, 9.17) is 0 Å². The number of aryl methyl sites for hydroxylation is 2. The summed E-state index contributed by atoms with van der Waals surface area (Å²) < 4.78 is 29.5. The molecule has 0 saturated carbocycles. The molecular weight excluding hydrogens is 374 g/mol. The zero-order chi connectivity index (χ0) is 19.9. The van der Waals surface area contributed by atoms with Gasteiger partial charge in [-0.25, -0.2) is 13.4 Å². The maximum absolute atomic E-state index is 12.9. The molecule has 0 amide bonds. The number of phenolic OH excluding ortho intramolecular Hbond substituents is 1. The van der Waals surface area contributed by atoms with E-state index in [0.717, 1.165) is 22.0 Å². The molecule has 0 bridgehead atoms. The highest BCUT2D eigenvalue weighted by molar-refractivity contribution is 7.90. The van der Waals surface area contributed by atoms with Crippen LogP contribution in [0.1, 0.15) is 16.8 Å². The second kappa shape index (κ2) is 6.83. The van der Waals surface area contributed by atoms with Crippen LogP contribution < -0.4 is 0 Å². The van der Waals surface area contributed by atoms with Crippen LogP contribution in [0.5, 0.6) is 5.75 Å². The highest BCUT2D eigenvalue weighted by atomic mass is 32.2. The van der Waals surface area contributed by atoms with Gasteiger partial charge in [0, 0.05) is 41.6 Å². The molecule has 144 valence electrons. The van der Waals surface area contributed by atoms with Crippen LogP contribution in [0.3, 0.4) is 0 Å². The van der Waals surface area contributed by atoms with E-state index in [9.17, 15) is 13.5 Å². The molecular formula is C21H21N3O3S. The lowest BCUT2D eigenvalue weighted by molar-refractivity contribution is 0.467. The van der Waals surface area contributed by atoms with Gasteiger partial charge >= 0.3 is 0 Å². The summed E-state index contributed by atoms with van der Waals surface area (Å²) >= 11 is 0. The number of phenols is 1. The van der Waals surface area contributed by atoms with E-state index >= 15 is 0 Å². The molecule has 28 heavy (non-hydrogen) atoms. The first-order chi connectivity index (χ1) is 13.3. The summed E-state index contributed by atoms with van der Waals surface area (Å²) in [6, 6.07) is 12.2. The van der Waals surface area contributed by atoms with Gasteiger partial charge in [-0.15, -0.1) is 0 Å². The van der Waals surface area contributed by atoms with Crippen molar-refractivity contribution >= 4 is 20.7 Å². The van der Waals surface area contributed by atoms with Gasteiger partial charge in [0.25, 0.3) is 0 Å². The summed E-state index contributed by atoms with van der Waals surface area (Å²) in [5.41, 5.74) is 3.31. The second-order valence-corrected chi connectivity index (χ2v) is 8.99. The van der Waals surface area contributed by atoms with Crippen molar-refractivity contribution < 1.29 is 13.5 Å². The number of hydrogen-bond donors (Lipinski definition) is 1. The van der Waals surface area contributed by atoms with Crippen molar-refractivity contribution in [1.82, 2.24) is 14.1 Å². The van der Waals surface area contributed by atoms with E-state index in [1.54, 1.807) is 42.9 Å². The van der Waals surface area contributed by atoms with Gasteiger partial charge in [0.1, 0.15) is 5.75 Å². The number of fused-ring (bicyclic) bond motifs is 1. The smallest absolute Gasteiger partial charge is 0.183 e. The van der Waals surface area contributed by atoms with Crippen LogP contribution in [-0.4, -0.2) is 27.6 Å². The van der Waals surface area contributed by atoms with E-state index in [1.165, 1.54) is 0 Å². The van der Waals surface area contributed by atoms with E-state index in [1.807, 2.05) is 41.4 Å². The van der Waals surface area contributed by atoms with Crippen molar-refractivity contribution in [2.24, 2.45) is 7.05 Å². The van der Waals surface area contributed by atoms with Gasteiger partial charge in [-0.3, -0.25) is 0 Å². The molecule has 0 fully saturated rings. The van der Waals surface area contributed by atoms with Gasteiger partial charge in [0.05, 0.1) is 23.5 Å². The van der Waals surface area contributed by atoms with Gasteiger partial charge in [0.2, 0.25) is 0 Å². The molecule has 6 nitrogen and oxygen atoms in total. The Kier molecular flexibility index (Phi) is 4.47. The number of nitrogens with zero attached hydrogens (tertiary/aromatic N) is 3. The predicted molar refractivity (Wildman–Crippen MR) is 108 cm³/mol. The molecule has 0 spiro atoms. The van der Waals surface area contributed by atoms with Crippen LogP contribution in [0.2, 0.25) is 0 Å². The van der Waals surface area contributed by atoms with Gasteiger partial charge < -0.3 is 14.2 Å². The minimum Gasteiger partial charge on any atom is -0.508 e. The number of sulfone groups is 1. The maximum Gasteiger partial charge on any atom is 0.183 e. The summed E-state index contributed by atoms with van der Waals surface area (Å²) in [5, 5.41) is 11.2. The first kappa shape index (κ1) is 18.3. The number of aromatic hydroxyl groups is 1. The molecule has 4 rings (SSSR count). The third kappa shape index (κ3) is 3.29. The SMILES string of the molecule is Cc1ccc(S(=O)(=O)Cc2cc3c(Cn4ccnc4)c(O)ccc3n2C)cc1.